The summed E-state index contributed by atoms with van der Waals surface area (Å²) in [6, 6.07) is 20.2. The molecule has 0 aliphatic carbocycles. The molecule has 0 saturated carbocycles. The van der Waals surface area contributed by atoms with Crippen molar-refractivity contribution < 1.29 is 13.2 Å². The quantitative estimate of drug-likeness (QED) is 0.630. The molecule has 1 heterocycles. The lowest BCUT2D eigenvalue weighted by atomic mass is 9.99. The first-order valence-electron chi connectivity index (χ1n) is 10.4. The second-order valence-electron chi connectivity index (χ2n) is 7.90. The molecule has 0 aromatic heterocycles. The number of hydrogen-bond donors (Lipinski definition) is 1. The zero-order valence-corrected chi connectivity index (χ0v) is 18.7. The van der Waals surface area contributed by atoms with Crippen LogP contribution in [-0.4, -0.2) is 20.9 Å². The maximum Gasteiger partial charge on any atom is 0.265 e. The number of para-hydroxylation sites is 1. The Labute approximate surface area is 183 Å². The zero-order chi connectivity index (χ0) is 22.2. The van der Waals surface area contributed by atoms with Gasteiger partial charge < -0.3 is 5.32 Å². The van der Waals surface area contributed by atoms with Gasteiger partial charge in [-0.1, -0.05) is 61.5 Å². The third-order valence-corrected chi connectivity index (χ3v) is 7.70. The van der Waals surface area contributed by atoms with Crippen LogP contribution in [0, 0.1) is 13.8 Å². The van der Waals surface area contributed by atoms with Gasteiger partial charge in [0.1, 0.15) is 6.54 Å². The number of nitrogens with zero attached hydrogens (tertiary/aromatic N) is 1. The number of hydrogen-bond acceptors (Lipinski definition) is 3. The average molecular weight is 435 g/mol. The first-order valence-corrected chi connectivity index (χ1v) is 11.8. The minimum Gasteiger partial charge on any atom is -0.348 e. The van der Waals surface area contributed by atoms with Gasteiger partial charge in [0.05, 0.1) is 16.6 Å². The molecule has 3 aromatic rings. The highest BCUT2D eigenvalue weighted by molar-refractivity contribution is 7.93. The second-order valence-corrected chi connectivity index (χ2v) is 9.73. The summed E-state index contributed by atoms with van der Waals surface area (Å²) in [6.45, 7) is 5.83. The lowest BCUT2D eigenvalue weighted by molar-refractivity contribution is -0.120. The van der Waals surface area contributed by atoms with E-state index in [2.05, 4.69) is 18.3 Å². The maximum absolute atomic E-state index is 13.4. The van der Waals surface area contributed by atoms with Crippen molar-refractivity contribution in [3.8, 4) is 11.1 Å². The molecular formula is C25H26N2O3S. The summed E-state index contributed by atoms with van der Waals surface area (Å²) in [6.07, 6.45) is 0.709. The van der Waals surface area contributed by atoms with Crippen LogP contribution in [0.25, 0.3) is 11.1 Å². The normalized spacial score (nSPS) is 15.0. The number of anilines is 1. The van der Waals surface area contributed by atoms with Crippen molar-refractivity contribution in [2.75, 3.05) is 10.8 Å². The van der Waals surface area contributed by atoms with E-state index in [-0.39, 0.29) is 23.4 Å². The number of benzene rings is 3. The molecule has 1 atom stereocenters. The third-order valence-electron chi connectivity index (χ3n) is 5.88. The zero-order valence-electron chi connectivity index (χ0n) is 17.9. The van der Waals surface area contributed by atoms with E-state index in [1.165, 1.54) is 9.87 Å². The lowest BCUT2D eigenvalue weighted by Gasteiger charge is -2.32. The van der Waals surface area contributed by atoms with Gasteiger partial charge in [-0.25, -0.2) is 8.42 Å². The first-order chi connectivity index (χ1) is 14.8. The molecular weight excluding hydrogens is 408 g/mol. The largest absolute Gasteiger partial charge is 0.348 e. The summed E-state index contributed by atoms with van der Waals surface area (Å²) in [5, 5.41) is 3.02. The van der Waals surface area contributed by atoms with Crippen molar-refractivity contribution in [2.24, 2.45) is 0 Å². The SMILES string of the molecule is CCC(NC(=O)CN1c2ccccc2-c2ccccc2S1(=O)=O)c1ccc(C)c(C)c1. The number of sulfonamides is 1. The Kier molecular flexibility index (Phi) is 5.58. The van der Waals surface area contributed by atoms with Crippen LogP contribution < -0.4 is 9.62 Å². The van der Waals surface area contributed by atoms with Crippen LogP contribution in [0.5, 0.6) is 0 Å². The second kappa shape index (κ2) is 8.19. The van der Waals surface area contributed by atoms with E-state index in [0.717, 1.165) is 16.7 Å². The van der Waals surface area contributed by atoms with Crippen LogP contribution in [0.2, 0.25) is 0 Å². The van der Waals surface area contributed by atoms with Gasteiger partial charge in [-0.05, 0) is 49.1 Å². The van der Waals surface area contributed by atoms with E-state index >= 15 is 0 Å². The van der Waals surface area contributed by atoms with Gasteiger partial charge in [0, 0.05) is 11.1 Å². The van der Waals surface area contributed by atoms with E-state index in [4.69, 9.17) is 0 Å². The van der Waals surface area contributed by atoms with E-state index in [9.17, 15) is 13.2 Å². The minimum absolute atomic E-state index is 0.179. The topological polar surface area (TPSA) is 66.5 Å². The Morgan fingerprint density at radius 3 is 2.32 bits per heavy atom. The van der Waals surface area contributed by atoms with Crippen molar-refractivity contribution in [1.29, 1.82) is 0 Å². The van der Waals surface area contributed by atoms with E-state index in [1.807, 2.05) is 44.2 Å². The van der Waals surface area contributed by atoms with Crippen LogP contribution in [-0.2, 0) is 14.8 Å². The van der Waals surface area contributed by atoms with Crippen LogP contribution in [0.1, 0.15) is 36.1 Å². The van der Waals surface area contributed by atoms with Gasteiger partial charge in [-0.2, -0.15) is 0 Å². The van der Waals surface area contributed by atoms with Crippen molar-refractivity contribution in [3.63, 3.8) is 0 Å². The molecule has 1 aliphatic rings. The molecule has 4 rings (SSSR count). The number of rotatable bonds is 5. The maximum atomic E-state index is 13.4. The number of fused-ring (bicyclic) bond motifs is 3. The van der Waals surface area contributed by atoms with Crippen LogP contribution in [0.3, 0.4) is 0 Å². The van der Waals surface area contributed by atoms with E-state index < -0.39 is 10.0 Å². The Hall–Kier alpha value is -3.12. The van der Waals surface area contributed by atoms with Gasteiger partial charge in [0.2, 0.25) is 5.91 Å². The Morgan fingerprint density at radius 2 is 1.61 bits per heavy atom. The molecule has 31 heavy (non-hydrogen) atoms. The summed E-state index contributed by atoms with van der Waals surface area (Å²) in [5.41, 5.74) is 5.37. The highest BCUT2D eigenvalue weighted by Gasteiger charge is 2.35. The molecule has 3 aromatic carbocycles. The molecule has 1 amide bonds. The summed E-state index contributed by atoms with van der Waals surface area (Å²) in [7, 11) is -3.84. The summed E-state index contributed by atoms with van der Waals surface area (Å²) >= 11 is 0. The van der Waals surface area contributed by atoms with Gasteiger partial charge in [0.25, 0.3) is 10.0 Å². The molecule has 1 unspecified atom stereocenters. The fraction of sp³-hybridized carbons (Fsp3) is 0.240. The number of nitrogens with one attached hydrogen (secondary N) is 1. The predicted octanol–water partition coefficient (Wildman–Crippen LogP) is 4.75. The minimum atomic E-state index is -3.84. The van der Waals surface area contributed by atoms with Gasteiger partial charge >= 0.3 is 0 Å². The molecule has 0 radical (unpaired) electrons. The van der Waals surface area contributed by atoms with Crippen molar-refractivity contribution in [2.45, 2.75) is 38.1 Å². The standard InChI is InChI=1S/C25H26N2O3S/c1-4-22(19-14-13-17(2)18(3)15-19)26-25(28)16-27-23-11-7-5-9-20(23)21-10-6-8-12-24(21)31(27,29)30/h5-15,22H,4,16H2,1-3H3,(H,26,28). The number of aryl methyl sites for hydroxylation is 2. The van der Waals surface area contributed by atoms with Gasteiger partial charge in [-0.3, -0.25) is 9.10 Å². The molecule has 0 bridgehead atoms. The monoisotopic (exact) mass is 434 g/mol. The van der Waals surface area contributed by atoms with Gasteiger partial charge in [0.15, 0.2) is 0 Å². The lowest BCUT2D eigenvalue weighted by Crippen LogP contribution is -2.43. The average Bonchev–Trinajstić information content (AvgIpc) is 2.77. The molecule has 0 spiro atoms. The van der Waals surface area contributed by atoms with Crippen molar-refractivity contribution in [1.82, 2.24) is 5.32 Å². The Morgan fingerprint density at radius 1 is 0.935 bits per heavy atom. The van der Waals surface area contributed by atoms with Crippen LogP contribution in [0.4, 0.5) is 5.69 Å². The Balaban J connectivity index is 1.64. The number of carbonyl (C=O) groups excluding carboxylic acids is 1. The van der Waals surface area contributed by atoms with Gasteiger partial charge in [-0.15, -0.1) is 0 Å². The molecule has 160 valence electrons. The molecule has 6 heteroatoms. The fourth-order valence-corrected chi connectivity index (χ4v) is 5.67. The Bertz CT molecular complexity index is 1250. The van der Waals surface area contributed by atoms with Crippen molar-refractivity contribution >= 4 is 21.6 Å². The smallest absolute Gasteiger partial charge is 0.265 e. The molecule has 5 nitrogen and oxygen atoms in total. The number of carbonyl (C=O) groups is 1. The van der Waals surface area contributed by atoms with Crippen molar-refractivity contribution in [3.05, 3.63) is 83.4 Å². The fourth-order valence-electron chi connectivity index (χ4n) is 4.02. The molecule has 1 aliphatic heterocycles. The third kappa shape index (κ3) is 3.83. The first kappa shape index (κ1) is 21.1. The van der Waals surface area contributed by atoms with E-state index in [1.54, 1.807) is 30.3 Å². The van der Waals surface area contributed by atoms with E-state index in [0.29, 0.717) is 17.7 Å². The van der Waals surface area contributed by atoms with Crippen LogP contribution in [0.15, 0.2) is 71.6 Å². The predicted molar refractivity (Wildman–Crippen MR) is 124 cm³/mol. The summed E-state index contributed by atoms with van der Waals surface area (Å²) in [4.78, 5) is 13.2. The number of amides is 1. The summed E-state index contributed by atoms with van der Waals surface area (Å²) in [5.74, 6) is -0.331. The molecule has 1 N–H and O–H groups in total. The van der Waals surface area contributed by atoms with Crippen LogP contribution >= 0.6 is 0 Å². The molecule has 0 fully saturated rings. The highest BCUT2D eigenvalue weighted by atomic mass is 32.2. The highest BCUT2D eigenvalue weighted by Crippen LogP contribution is 2.42. The molecule has 0 saturated heterocycles. The summed E-state index contributed by atoms with van der Waals surface area (Å²) < 4.78 is 27.9.